The van der Waals surface area contributed by atoms with Crippen molar-refractivity contribution in [2.45, 2.75) is 45.4 Å². The van der Waals surface area contributed by atoms with Crippen molar-refractivity contribution in [3.8, 4) is 0 Å². The van der Waals surface area contributed by atoms with Crippen molar-refractivity contribution in [3.05, 3.63) is 29.3 Å². The molecule has 112 valence electrons. The maximum absolute atomic E-state index is 12.4. The van der Waals surface area contributed by atoms with Gasteiger partial charge in [0.05, 0.1) is 16.2 Å². The third kappa shape index (κ3) is 4.34. The third-order valence-corrected chi connectivity index (χ3v) is 4.94. The van der Waals surface area contributed by atoms with E-state index in [-0.39, 0.29) is 21.6 Å². The second-order valence-electron chi connectivity index (χ2n) is 6.11. The van der Waals surface area contributed by atoms with Gasteiger partial charge in [-0.2, -0.15) is 0 Å². The van der Waals surface area contributed by atoms with Crippen LogP contribution in [0.2, 0.25) is 0 Å². The van der Waals surface area contributed by atoms with Crippen LogP contribution >= 0.6 is 0 Å². The minimum Gasteiger partial charge on any atom is -0.478 e. The van der Waals surface area contributed by atoms with Gasteiger partial charge in [-0.25, -0.2) is 13.2 Å². The number of hydrogen-bond acceptors (Lipinski definition) is 3. The first-order valence-electron chi connectivity index (χ1n) is 6.66. The molecule has 4 nitrogen and oxygen atoms in total. The first-order valence-corrected chi connectivity index (χ1v) is 8.31. The van der Waals surface area contributed by atoms with Crippen molar-refractivity contribution in [3.63, 3.8) is 0 Å². The van der Waals surface area contributed by atoms with Crippen molar-refractivity contribution in [1.29, 1.82) is 0 Å². The third-order valence-electron chi connectivity index (χ3n) is 3.15. The zero-order chi connectivity index (χ0) is 15.6. The van der Waals surface area contributed by atoms with Crippen LogP contribution < -0.4 is 0 Å². The number of carbonyl (C=O) groups is 1. The van der Waals surface area contributed by atoms with Crippen LogP contribution in [0.4, 0.5) is 0 Å². The van der Waals surface area contributed by atoms with Gasteiger partial charge < -0.3 is 5.11 Å². The van der Waals surface area contributed by atoms with Crippen LogP contribution in [-0.2, 0) is 16.3 Å². The number of benzene rings is 1. The Hall–Kier alpha value is -1.36. The fraction of sp³-hybridized carbons (Fsp3) is 0.533. The van der Waals surface area contributed by atoms with E-state index in [1.54, 1.807) is 6.07 Å². The molecule has 0 fully saturated rings. The summed E-state index contributed by atoms with van der Waals surface area (Å²) in [5, 5.41) is 9.00. The van der Waals surface area contributed by atoms with Gasteiger partial charge in [-0.15, -0.1) is 0 Å². The summed E-state index contributed by atoms with van der Waals surface area (Å²) in [5.41, 5.74) is 0.601. The quantitative estimate of drug-likeness (QED) is 0.906. The lowest BCUT2D eigenvalue weighted by Crippen LogP contribution is -2.16. The number of carboxylic acid groups (broad SMARTS) is 1. The fourth-order valence-corrected chi connectivity index (χ4v) is 3.84. The van der Waals surface area contributed by atoms with Gasteiger partial charge in [0.2, 0.25) is 0 Å². The molecule has 0 radical (unpaired) electrons. The standard InChI is InChI=1S/C15H22O4S/c1-5-11-6-7-12(14(16)17)10-13(11)20(18,19)9-8-15(2,3)4/h6-7,10H,5,8-9H2,1-4H3,(H,16,17). The van der Waals surface area contributed by atoms with Gasteiger partial charge in [0.25, 0.3) is 0 Å². The molecule has 0 spiro atoms. The van der Waals surface area contributed by atoms with Crippen LogP contribution in [0.25, 0.3) is 0 Å². The zero-order valence-corrected chi connectivity index (χ0v) is 13.3. The number of rotatable bonds is 5. The fourth-order valence-electron chi connectivity index (χ4n) is 1.82. The van der Waals surface area contributed by atoms with Gasteiger partial charge >= 0.3 is 5.97 Å². The summed E-state index contributed by atoms with van der Waals surface area (Å²) in [4.78, 5) is 11.2. The molecule has 0 aliphatic carbocycles. The van der Waals surface area contributed by atoms with Crippen LogP contribution in [0.3, 0.4) is 0 Å². The van der Waals surface area contributed by atoms with E-state index < -0.39 is 15.8 Å². The predicted octanol–water partition coefficient (Wildman–Crippen LogP) is 3.16. The van der Waals surface area contributed by atoms with E-state index in [0.717, 1.165) is 0 Å². The van der Waals surface area contributed by atoms with Crippen molar-refractivity contribution in [2.75, 3.05) is 5.75 Å². The molecule has 5 heteroatoms. The van der Waals surface area contributed by atoms with Crippen molar-refractivity contribution in [1.82, 2.24) is 0 Å². The minimum atomic E-state index is -3.46. The molecule has 1 rings (SSSR count). The van der Waals surface area contributed by atoms with Gasteiger partial charge in [0, 0.05) is 0 Å². The molecule has 0 bridgehead atoms. The molecule has 0 saturated carbocycles. The Morgan fingerprint density at radius 3 is 2.30 bits per heavy atom. The smallest absolute Gasteiger partial charge is 0.335 e. The number of aromatic carboxylic acids is 1. The Balaban J connectivity index is 3.21. The maximum atomic E-state index is 12.4. The Kier molecular flexibility index (Phi) is 4.97. The lowest BCUT2D eigenvalue weighted by molar-refractivity contribution is 0.0696. The normalized spacial score (nSPS) is 12.4. The summed E-state index contributed by atoms with van der Waals surface area (Å²) in [5.74, 6) is -1.08. The highest BCUT2D eigenvalue weighted by Gasteiger charge is 2.22. The summed E-state index contributed by atoms with van der Waals surface area (Å²) in [6.07, 6.45) is 1.10. The predicted molar refractivity (Wildman–Crippen MR) is 78.9 cm³/mol. The molecule has 0 heterocycles. The molecule has 1 aromatic rings. The number of carboxylic acids is 1. The molecule has 0 atom stereocenters. The van der Waals surface area contributed by atoms with E-state index in [0.29, 0.717) is 18.4 Å². The van der Waals surface area contributed by atoms with Crippen LogP contribution in [0, 0.1) is 5.41 Å². The van der Waals surface area contributed by atoms with Crippen LogP contribution in [0.15, 0.2) is 23.1 Å². The average molecular weight is 298 g/mol. The summed E-state index contributed by atoms with van der Waals surface area (Å²) >= 11 is 0. The Morgan fingerprint density at radius 1 is 1.25 bits per heavy atom. The van der Waals surface area contributed by atoms with Gasteiger partial charge in [0.15, 0.2) is 9.84 Å². The summed E-state index contributed by atoms with van der Waals surface area (Å²) in [7, 11) is -3.46. The van der Waals surface area contributed by atoms with Crippen molar-refractivity contribution < 1.29 is 18.3 Å². The molecule has 0 amide bonds. The highest BCUT2D eigenvalue weighted by molar-refractivity contribution is 7.91. The van der Waals surface area contributed by atoms with E-state index in [1.807, 2.05) is 27.7 Å². The van der Waals surface area contributed by atoms with E-state index in [9.17, 15) is 13.2 Å². The van der Waals surface area contributed by atoms with E-state index in [1.165, 1.54) is 12.1 Å². The van der Waals surface area contributed by atoms with Crippen LogP contribution in [0.5, 0.6) is 0 Å². The minimum absolute atomic E-state index is 0.0107. The summed E-state index contributed by atoms with van der Waals surface area (Å²) in [6.45, 7) is 7.81. The second-order valence-corrected chi connectivity index (χ2v) is 8.19. The topological polar surface area (TPSA) is 71.4 Å². The molecule has 0 aromatic heterocycles. The number of aryl methyl sites for hydroxylation is 1. The Bertz CT molecular complexity index is 595. The van der Waals surface area contributed by atoms with Crippen LogP contribution in [0.1, 0.15) is 50.0 Å². The molecule has 0 aliphatic rings. The van der Waals surface area contributed by atoms with E-state index in [2.05, 4.69) is 0 Å². The lowest BCUT2D eigenvalue weighted by Gasteiger charge is -2.18. The van der Waals surface area contributed by atoms with Crippen LogP contribution in [-0.4, -0.2) is 25.2 Å². The number of sulfone groups is 1. The molecule has 20 heavy (non-hydrogen) atoms. The molecule has 0 saturated heterocycles. The molecule has 1 aromatic carbocycles. The van der Waals surface area contributed by atoms with Gasteiger partial charge in [-0.3, -0.25) is 0 Å². The van der Waals surface area contributed by atoms with E-state index >= 15 is 0 Å². The van der Waals surface area contributed by atoms with Crippen molar-refractivity contribution >= 4 is 15.8 Å². The Labute approximate surface area is 120 Å². The largest absolute Gasteiger partial charge is 0.478 e. The highest BCUT2D eigenvalue weighted by atomic mass is 32.2. The number of hydrogen-bond donors (Lipinski definition) is 1. The molecule has 0 aliphatic heterocycles. The molecule has 0 unspecified atom stereocenters. The summed E-state index contributed by atoms with van der Waals surface area (Å²) in [6, 6.07) is 4.32. The average Bonchev–Trinajstić information content (AvgIpc) is 2.35. The van der Waals surface area contributed by atoms with Crippen molar-refractivity contribution in [2.24, 2.45) is 5.41 Å². The highest BCUT2D eigenvalue weighted by Crippen LogP contribution is 2.25. The first kappa shape index (κ1) is 16.7. The molecular weight excluding hydrogens is 276 g/mol. The molecular formula is C15H22O4S. The Morgan fingerprint density at radius 2 is 1.85 bits per heavy atom. The lowest BCUT2D eigenvalue weighted by atomic mass is 9.94. The van der Waals surface area contributed by atoms with Gasteiger partial charge in [0.1, 0.15) is 0 Å². The maximum Gasteiger partial charge on any atom is 0.335 e. The monoisotopic (exact) mass is 298 g/mol. The summed E-state index contributed by atoms with van der Waals surface area (Å²) < 4.78 is 24.9. The first-order chi connectivity index (χ1) is 9.07. The SMILES string of the molecule is CCc1ccc(C(=O)O)cc1S(=O)(=O)CCC(C)(C)C. The zero-order valence-electron chi connectivity index (χ0n) is 12.4. The van der Waals surface area contributed by atoms with Gasteiger partial charge in [-0.05, 0) is 36.0 Å². The van der Waals surface area contributed by atoms with E-state index in [4.69, 9.17) is 5.11 Å². The molecule has 1 N–H and O–H groups in total. The van der Waals surface area contributed by atoms with Gasteiger partial charge in [-0.1, -0.05) is 33.8 Å². The second kappa shape index (κ2) is 5.95.